The average Bonchev–Trinajstić information content (AvgIpc) is 2.23. The molecule has 0 aromatic rings. The molecule has 1 fully saturated rings. The van der Waals surface area contributed by atoms with Crippen LogP contribution in [0.2, 0.25) is 0 Å². The van der Waals surface area contributed by atoms with E-state index in [-0.39, 0.29) is 11.3 Å². The molecule has 2 nitrogen and oxygen atoms in total. The van der Waals surface area contributed by atoms with Gasteiger partial charge in [0, 0.05) is 18.4 Å². The Morgan fingerprint density at radius 2 is 2.12 bits per heavy atom. The van der Waals surface area contributed by atoms with E-state index in [4.69, 9.17) is 4.74 Å². The number of aldehydes is 1. The van der Waals surface area contributed by atoms with Gasteiger partial charge in [-0.25, -0.2) is 0 Å². The van der Waals surface area contributed by atoms with E-state index in [2.05, 4.69) is 20.8 Å². The van der Waals surface area contributed by atoms with Crippen molar-refractivity contribution in [2.45, 2.75) is 46.5 Å². The number of carbonyl (C=O) groups excluding carboxylic acids is 1. The van der Waals surface area contributed by atoms with Gasteiger partial charge in [-0.1, -0.05) is 40.0 Å². The predicted molar refractivity (Wildman–Crippen MR) is 66.3 cm³/mol. The molecule has 94 valence electrons. The molecule has 1 aliphatic carbocycles. The highest BCUT2D eigenvalue weighted by Gasteiger charge is 2.45. The molecule has 0 amide bonds. The largest absolute Gasteiger partial charge is 0.384 e. The molecule has 3 unspecified atom stereocenters. The van der Waals surface area contributed by atoms with Crippen LogP contribution in [0.4, 0.5) is 0 Å². The SMILES string of the molecule is COCC1(C(C=O)C(C)C)CCCCC1C. The lowest BCUT2D eigenvalue weighted by molar-refractivity contribution is -0.125. The third-order valence-electron chi connectivity index (χ3n) is 4.45. The molecule has 2 heteroatoms. The highest BCUT2D eigenvalue weighted by molar-refractivity contribution is 5.56. The Balaban J connectivity index is 2.96. The zero-order valence-corrected chi connectivity index (χ0v) is 11.2. The van der Waals surface area contributed by atoms with Gasteiger partial charge in [0.05, 0.1) is 6.61 Å². The fourth-order valence-corrected chi connectivity index (χ4v) is 3.47. The fraction of sp³-hybridized carbons (Fsp3) is 0.929. The van der Waals surface area contributed by atoms with Crippen LogP contribution in [0.5, 0.6) is 0 Å². The Morgan fingerprint density at radius 1 is 1.44 bits per heavy atom. The molecule has 0 saturated heterocycles. The topological polar surface area (TPSA) is 26.3 Å². The molecule has 0 bridgehead atoms. The second-order valence-electron chi connectivity index (χ2n) is 5.72. The van der Waals surface area contributed by atoms with Crippen molar-refractivity contribution >= 4 is 6.29 Å². The van der Waals surface area contributed by atoms with Crippen LogP contribution in [0.25, 0.3) is 0 Å². The summed E-state index contributed by atoms with van der Waals surface area (Å²) in [5, 5.41) is 0. The molecule has 1 rings (SSSR count). The maximum Gasteiger partial charge on any atom is 0.123 e. The minimum Gasteiger partial charge on any atom is -0.384 e. The van der Waals surface area contributed by atoms with Crippen LogP contribution in [0.3, 0.4) is 0 Å². The first-order valence-electron chi connectivity index (χ1n) is 6.52. The lowest BCUT2D eigenvalue weighted by Crippen LogP contribution is -2.45. The minimum absolute atomic E-state index is 0.0862. The van der Waals surface area contributed by atoms with E-state index in [9.17, 15) is 4.79 Å². The van der Waals surface area contributed by atoms with E-state index >= 15 is 0 Å². The van der Waals surface area contributed by atoms with Gasteiger partial charge in [-0.3, -0.25) is 0 Å². The van der Waals surface area contributed by atoms with Crippen LogP contribution < -0.4 is 0 Å². The minimum atomic E-state index is 0.0862. The van der Waals surface area contributed by atoms with E-state index in [1.54, 1.807) is 7.11 Å². The van der Waals surface area contributed by atoms with Gasteiger partial charge in [0.15, 0.2) is 0 Å². The van der Waals surface area contributed by atoms with Crippen molar-refractivity contribution < 1.29 is 9.53 Å². The van der Waals surface area contributed by atoms with Gasteiger partial charge in [-0.05, 0) is 18.3 Å². The molecule has 0 radical (unpaired) electrons. The molecule has 0 aliphatic heterocycles. The molecule has 3 atom stereocenters. The van der Waals surface area contributed by atoms with Crippen molar-refractivity contribution in [1.29, 1.82) is 0 Å². The maximum absolute atomic E-state index is 11.4. The number of rotatable bonds is 5. The summed E-state index contributed by atoms with van der Waals surface area (Å²) in [4.78, 5) is 11.4. The molecule has 0 aromatic heterocycles. The van der Waals surface area contributed by atoms with E-state index in [1.807, 2.05) is 0 Å². The van der Waals surface area contributed by atoms with E-state index in [0.29, 0.717) is 11.8 Å². The van der Waals surface area contributed by atoms with Crippen LogP contribution in [0.15, 0.2) is 0 Å². The lowest BCUT2D eigenvalue weighted by atomic mass is 9.58. The van der Waals surface area contributed by atoms with Gasteiger partial charge >= 0.3 is 0 Å². The van der Waals surface area contributed by atoms with Crippen LogP contribution in [-0.4, -0.2) is 20.0 Å². The number of carbonyl (C=O) groups is 1. The van der Waals surface area contributed by atoms with Gasteiger partial charge < -0.3 is 9.53 Å². The first kappa shape index (κ1) is 13.7. The maximum atomic E-state index is 11.4. The summed E-state index contributed by atoms with van der Waals surface area (Å²) in [6.07, 6.45) is 6.09. The Hall–Kier alpha value is -0.370. The molecule has 1 aliphatic rings. The third kappa shape index (κ3) is 2.48. The van der Waals surface area contributed by atoms with Gasteiger partial charge in [0.25, 0.3) is 0 Å². The smallest absolute Gasteiger partial charge is 0.123 e. The number of hydrogen-bond donors (Lipinski definition) is 0. The quantitative estimate of drug-likeness (QED) is 0.672. The summed E-state index contributed by atoms with van der Waals surface area (Å²) in [6.45, 7) is 7.32. The Morgan fingerprint density at radius 3 is 2.56 bits per heavy atom. The van der Waals surface area contributed by atoms with Gasteiger partial charge in [-0.2, -0.15) is 0 Å². The molecule has 0 spiro atoms. The van der Waals surface area contributed by atoms with Crippen LogP contribution in [-0.2, 0) is 9.53 Å². The summed E-state index contributed by atoms with van der Waals surface area (Å²) in [6, 6.07) is 0. The molecule has 1 saturated carbocycles. The monoisotopic (exact) mass is 226 g/mol. The van der Waals surface area contributed by atoms with Crippen molar-refractivity contribution in [1.82, 2.24) is 0 Å². The number of hydrogen-bond acceptors (Lipinski definition) is 2. The Labute approximate surface area is 99.8 Å². The molecule has 0 N–H and O–H groups in total. The summed E-state index contributed by atoms with van der Waals surface area (Å²) in [5.41, 5.74) is 0.0862. The van der Waals surface area contributed by atoms with E-state index in [1.165, 1.54) is 25.5 Å². The third-order valence-corrected chi connectivity index (χ3v) is 4.45. The van der Waals surface area contributed by atoms with Crippen molar-refractivity contribution in [3.05, 3.63) is 0 Å². The van der Waals surface area contributed by atoms with Gasteiger partial charge in [0.1, 0.15) is 6.29 Å². The van der Waals surface area contributed by atoms with Crippen molar-refractivity contribution in [2.24, 2.45) is 23.2 Å². The van der Waals surface area contributed by atoms with E-state index in [0.717, 1.165) is 13.0 Å². The lowest BCUT2D eigenvalue weighted by Gasteiger charge is -2.47. The highest BCUT2D eigenvalue weighted by atomic mass is 16.5. The molecular formula is C14H26O2. The predicted octanol–water partition coefficient (Wildman–Crippen LogP) is 3.30. The van der Waals surface area contributed by atoms with Crippen LogP contribution in [0, 0.1) is 23.2 Å². The standard InChI is InChI=1S/C14H26O2/c1-11(2)13(9-15)14(10-16-4)8-6-5-7-12(14)3/h9,11-13H,5-8,10H2,1-4H3. The summed E-state index contributed by atoms with van der Waals surface area (Å²) < 4.78 is 5.43. The fourth-order valence-electron chi connectivity index (χ4n) is 3.47. The Kier molecular flexibility index (Phi) is 4.97. The first-order valence-corrected chi connectivity index (χ1v) is 6.52. The van der Waals surface area contributed by atoms with Crippen LogP contribution in [0.1, 0.15) is 46.5 Å². The Bertz CT molecular complexity index is 221. The van der Waals surface area contributed by atoms with Crippen molar-refractivity contribution in [3.8, 4) is 0 Å². The molecule has 16 heavy (non-hydrogen) atoms. The van der Waals surface area contributed by atoms with Crippen molar-refractivity contribution in [2.75, 3.05) is 13.7 Å². The highest BCUT2D eigenvalue weighted by Crippen LogP contribution is 2.48. The molecular weight excluding hydrogens is 200 g/mol. The zero-order chi connectivity index (χ0) is 12.2. The van der Waals surface area contributed by atoms with Crippen molar-refractivity contribution in [3.63, 3.8) is 0 Å². The van der Waals surface area contributed by atoms with Crippen LogP contribution >= 0.6 is 0 Å². The average molecular weight is 226 g/mol. The van der Waals surface area contributed by atoms with Gasteiger partial charge in [0.2, 0.25) is 0 Å². The molecule has 0 heterocycles. The van der Waals surface area contributed by atoms with Gasteiger partial charge in [-0.15, -0.1) is 0 Å². The normalized spacial score (nSPS) is 32.7. The summed E-state index contributed by atoms with van der Waals surface area (Å²) in [5.74, 6) is 1.15. The second kappa shape index (κ2) is 5.81. The second-order valence-corrected chi connectivity index (χ2v) is 5.72. The molecule has 0 aromatic carbocycles. The zero-order valence-electron chi connectivity index (χ0n) is 11.2. The number of methoxy groups -OCH3 is 1. The summed E-state index contributed by atoms with van der Waals surface area (Å²) >= 11 is 0. The van der Waals surface area contributed by atoms with E-state index < -0.39 is 0 Å². The first-order chi connectivity index (χ1) is 7.58. The summed E-state index contributed by atoms with van der Waals surface area (Å²) in [7, 11) is 1.76. The number of ether oxygens (including phenoxy) is 1.